The Balaban J connectivity index is 1.73. The number of aryl methyl sites for hydroxylation is 3. The second kappa shape index (κ2) is 5.01. The molecule has 4 nitrogen and oxygen atoms in total. The smallest absolute Gasteiger partial charge is 0.158 e. The largest absolute Gasteiger partial charge is 0.313 e. The Morgan fingerprint density at radius 3 is 2.81 bits per heavy atom. The number of alkyl halides is 1. The lowest BCUT2D eigenvalue weighted by Gasteiger charge is -2.23. The summed E-state index contributed by atoms with van der Waals surface area (Å²) in [6.45, 7) is 3.14. The van der Waals surface area contributed by atoms with E-state index in [1.165, 1.54) is 31.3 Å². The van der Waals surface area contributed by atoms with Crippen LogP contribution in [0.3, 0.4) is 0 Å². The maximum absolute atomic E-state index is 5.99. The van der Waals surface area contributed by atoms with Gasteiger partial charge in [0.05, 0.1) is 5.69 Å². The van der Waals surface area contributed by atoms with Crippen molar-refractivity contribution >= 4 is 22.8 Å². The van der Waals surface area contributed by atoms with Gasteiger partial charge < -0.3 is 4.57 Å². The van der Waals surface area contributed by atoms with E-state index in [0.29, 0.717) is 5.88 Å². The van der Waals surface area contributed by atoms with Gasteiger partial charge in [-0.1, -0.05) is 6.42 Å². The zero-order valence-electron chi connectivity index (χ0n) is 12.8. The van der Waals surface area contributed by atoms with E-state index in [1.54, 1.807) is 0 Å². The minimum absolute atomic E-state index is 0.631. The fraction of sp³-hybridized carbons (Fsp3) is 0.750. The summed E-state index contributed by atoms with van der Waals surface area (Å²) in [6.07, 6.45) is 6.60. The van der Waals surface area contributed by atoms with Crippen LogP contribution in [0.1, 0.15) is 37.2 Å². The summed E-state index contributed by atoms with van der Waals surface area (Å²) >= 11 is 5.99. The minimum Gasteiger partial charge on any atom is -0.313 e. The van der Waals surface area contributed by atoms with Crippen molar-refractivity contribution in [1.29, 1.82) is 0 Å². The van der Waals surface area contributed by atoms with Gasteiger partial charge in [0.25, 0.3) is 0 Å². The molecule has 2 saturated carbocycles. The van der Waals surface area contributed by atoms with Crippen molar-refractivity contribution in [1.82, 2.24) is 19.3 Å². The molecule has 0 spiro atoms. The number of rotatable bonds is 4. The Hall–Kier alpha value is -1.03. The van der Waals surface area contributed by atoms with Crippen LogP contribution in [0.2, 0.25) is 0 Å². The molecule has 3 unspecified atom stereocenters. The van der Waals surface area contributed by atoms with Gasteiger partial charge in [0.15, 0.2) is 5.65 Å². The summed E-state index contributed by atoms with van der Waals surface area (Å²) in [5.74, 6) is 4.52. The fourth-order valence-corrected chi connectivity index (χ4v) is 4.85. The molecule has 3 atom stereocenters. The minimum atomic E-state index is 0.631. The third-order valence-corrected chi connectivity index (χ3v) is 5.78. The van der Waals surface area contributed by atoms with Crippen molar-refractivity contribution in [2.45, 2.75) is 45.6 Å². The van der Waals surface area contributed by atoms with Crippen molar-refractivity contribution < 1.29 is 0 Å². The van der Waals surface area contributed by atoms with E-state index in [-0.39, 0.29) is 0 Å². The number of hydrogen-bond donors (Lipinski definition) is 0. The number of imidazole rings is 1. The highest BCUT2D eigenvalue weighted by molar-refractivity contribution is 6.17. The van der Waals surface area contributed by atoms with Gasteiger partial charge in [-0.3, -0.25) is 4.68 Å². The standard InChI is InChI=1S/C16H23ClN4/c1-10-15-16(20(2)19-10)21(14(18-15)5-6-17)9-13-8-11-3-4-12(13)7-11/h11-13H,3-9H2,1-2H3. The molecule has 0 aromatic carbocycles. The predicted molar refractivity (Wildman–Crippen MR) is 84.6 cm³/mol. The summed E-state index contributed by atoms with van der Waals surface area (Å²) in [5, 5.41) is 4.53. The highest BCUT2D eigenvalue weighted by atomic mass is 35.5. The van der Waals surface area contributed by atoms with Crippen molar-refractivity contribution in [3.63, 3.8) is 0 Å². The van der Waals surface area contributed by atoms with Crippen LogP contribution >= 0.6 is 11.6 Å². The lowest BCUT2D eigenvalue weighted by atomic mass is 9.89. The summed E-state index contributed by atoms with van der Waals surface area (Å²) in [6, 6.07) is 0. The molecular formula is C16H23ClN4. The molecule has 114 valence electrons. The van der Waals surface area contributed by atoms with Crippen molar-refractivity contribution in [2.24, 2.45) is 24.8 Å². The van der Waals surface area contributed by atoms with Gasteiger partial charge in [-0.15, -0.1) is 11.6 Å². The second-order valence-electron chi connectivity index (χ2n) is 6.89. The lowest BCUT2D eigenvalue weighted by molar-refractivity contribution is 0.294. The monoisotopic (exact) mass is 306 g/mol. The molecule has 2 aromatic rings. The lowest BCUT2D eigenvalue weighted by Crippen LogP contribution is -2.20. The van der Waals surface area contributed by atoms with Crippen LogP contribution in [0.25, 0.3) is 11.2 Å². The van der Waals surface area contributed by atoms with Crippen LogP contribution in [0.15, 0.2) is 0 Å². The Kier molecular flexibility index (Phi) is 3.25. The van der Waals surface area contributed by atoms with Gasteiger partial charge in [-0.2, -0.15) is 5.10 Å². The van der Waals surface area contributed by atoms with Gasteiger partial charge in [-0.05, 0) is 43.9 Å². The van der Waals surface area contributed by atoms with E-state index >= 15 is 0 Å². The molecule has 0 amide bonds. The summed E-state index contributed by atoms with van der Waals surface area (Å²) in [5.41, 5.74) is 3.26. The van der Waals surface area contributed by atoms with Crippen molar-refractivity contribution in [3.05, 3.63) is 11.5 Å². The summed E-state index contributed by atoms with van der Waals surface area (Å²) in [7, 11) is 2.03. The number of nitrogens with zero attached hydrogens (tertiary/aromatic N) is 4. The quantitative estimate of drug-likeness (QED) is 0.813. The molecule has 2 aliphatic rings. The second-order valence-corrected chi connectivity index (χ2v) is 7.27. The zero-order valence-corrected chi connectivity index (χ0v) is 13.6. The SMILES string of the molecule is Cc1nn(C)c2c1nc(CCCl)n2CC1CC2CCC1C2. The number of fused-ring (bicyclic) bond motifs is 3. The first-order valence-electron chi connectivity index (χ1n) is 8.12. The van der Waals surface area contributed by atoms with Crippen molar-refractivity contribution in [2.75, 3.05) is 5.88 Å². The summed E-state index contributed by atoms with van der Waals surface area (Å²) in [4.78, 5) is 4.82. The molecule has 2 heterocycles. The van der Waals surface area contributed by atoms with Gasteiger partial charge in [0, 0.05) is 25.9 Å². The summed E-state index contributed by atoms with van der Waals surface area (Å²) < 4.78 is 4.39. The topological polar surface area (TPSA) is 35.6 Å². The molecule has 2 aliphatic carbocycles. The molecule has 4 rings (SSSR count). The van der Waals surface area contributed by atoms with Crippen LogP contribution in [0.5, 0.6) is 0 Å². The number of hydrogen-bond acceptors (Lipinski definition) is 2. The molecule has 5 heteroatoms. The molecule has 0 aliphatic heterocycles. The fourth-order valence-electron chi connectivity index (χ4n) is 4.68. The van der Waals surface area contributed by atoms with E-state index in [1.807, 2.05) is 18.7 Å². The van der Waals surface area contributed by atoms with E-state index in [2.05, 4.69) is 9.67 Å². The normalized spacial score (nSPS) is 28.0. The van der Waals surface area contributed by atoms with E-state index in [0.717, 1.165) is 47.8 Å². The molecule has 21 heavy (non-hydrogen) atoms. The molecule has 2 bridgehead atoms. The molecular weight excluding hydrogens is 284 g/mol. The number of aromatic nitrogens is 4. The Bertz CT molecular complexity index is 671. The Morgan fingerprint density at radius 2 is 2.14 bits per heavy atom. The van der Waals surface area contributed by atoms with E-state index < -0.39 is 0 Å². The van der Waals surface area contributed by atoms with Crippen LogP contribution in [-0.4, -0.2) is 25.2 Å². The van der Waals surface area contributed by atoms with E-state index in [9.17, 15) is 0 Å². The van der Waals surface area contributed by atoms with Gasteiger partial charge in [0.2, 0.25) is 0 Å². The Morgan fingerprint density at radius 1 is 1.29 bits per heavy atom. The predicted octanol–water partition coefficient (Wildman–Crippen LogP) is 3.30. The highest BCUT2D eigenvalue weighted by Gasteiger charge is 2.40. The molecule has 2 aromatic heterocycles. The van der Waals surface area contributed by atoms with Crippen molar-refractivity contribution in [3.8, 4) is 0 Å². The van der Waals surface area contributed by atoms with Crippen LogP contribution < -0.4 is 0 Å². The highest BCUT2D eigenvalue weighted by Crippen LogP contribution is 2.49. The first-order valence-corrected chi connectivity index (χ1v) is 8.65. The van der Waals surface area contributed by atoms with Crippen LogP contribution in [-0.2, 0) is 20.0 Å². The third kappa shape index (κ3) is 2.10. The molecule has 0 radical (unpaired) electrons. The van der Waals surface area contributed by atoms with Gasteiger partial charge in [0.1, 0.15) is 11.3 Å². The average molecular weight is 307 g/mol. The maximum Gasteiger partial charge on any atom is 0.158 e. The number of halogens is 1. The van der Waals surface area contributed by atoms with Crippen LogP contribution in [0, 0.1) is 24.7 Å². The molecule has 0 N–H and O–H groups in total. The third-order valence-electron chi connectivity index (χ3n) is 5.59. The Labute approximate surface area is 130 Å². The zero-order chi connectivity index (χ0) is 14.6. The first kappa shape index (κ1) is 13.6. The van der Waals surface area contributed by atoms with Crippen LogP contribution in [0.4, 0.5) is 0 Å². The molecule has 0 saturated heterocycles. The van der Waals surface area contributed by atoms with Gasteiger partial charge in [-0.25, -0.2) is 4.98 Å². The molecule has 2 fully saturated rings. The first-order chi connectivity index (χ1) is 10.2. The van der Waals surface area contributed by atoms with E-state index in [4.69, 9.17) is 16.6 Å². The average Bonchev–Trinajstić information content (AvgIpc) is 3.17. The maximum atomic E-state index is 5.99. The van der Waals surface area contributed by atoms with Gasteiger partial charge >= 0.3 is 0 Å².